The van der Waals surface area contributed by atoms with Gasteiger partial charge in [0.05, 0.1) is 0 Å². The molecule has 0 saturated heterocycles. The number of nitrogens with zero attached hydrogens (tertiary/aromatic N) is 1. The van der Waals surface area contributed by atoms with Crippen molar-refractivity contribution in [3.8, 4) is 0 Å². The van der Waals surface area contributed by atoms with E-state index in [0.717, 1.165) is 0 Å². The largest absolute Gasteiger partial charge is 0.208 e. The van der Waals surface area contributed by atoms with Crippen LogP contribution >= 0.6 is 0 Å². The van der Waals surface area contributed by atoms with Crippen molar-refractivity contribution in [2.24, 2.45) is 7.05 Å². The van der Waals surface area contributed by atoms with Gasteiger partial charge in [-0.1, -0.05) is 7.43 Å². The van der Waals surface area contributed by atoms with Crippen molar-refractivity contribution in [3.63, 3.8) is 0 Å². The third kappa shape index (κ3) is 2.27. The Kier molecular flexibility index (Phi) is 2.93. The summed E-state index contributed by atoms with van der Waals surface area (Å²) >= 11 is 0. The summed E-state index contributed by atoms with van der Waals surface area (Å²) < 4.78 is 2.04. The second kappa shape index (κ2) is 3.23. The highest BCUT2D eigenvalue weighted by Crippen LogP contribution is 1.86. The molecule has 0 bridgehead atoms. The van der Waals surface area contributed by atoms with E-state index in [2.05, 4.69) is 19.2 Å². The van der Waals surface area contributed by atoms with Gasteiger partial charge < -0.3 is 0 Å². The van der Waals surface area contributed by atoms with E-state index in [9.17, 15) is 0 Å². The molecule has 0 unspecified atom stereocenters. The van der Waals surface area contributed by atoms with Crippen LogP contribution < -0.4 is 4.57 Å². The molecule has 0 spiro atoms. The second-order valence-electron chi connectivity index (χ2n) is 2.05. The Labute approximate surface area is 57.0 Å². The molecule has 1 aromatic heterocycles. The van der Waals surface area contributed by atoms with E-state index in [0.29, 0.717) is 0 Å². The standard InChI is InChI=1S/C7H10N.CH4/c1-7-4-3-5-8(2)6-7;/h3-6H,1-2H3;1H4/q+1;. The molecule has 0 aromatic carbocycles. The minimum Gasteiger partial charge on any atom is -0.208 e. The summed E-state index contributed by atoms with van der Waals surface area (Å²) in [6, 6.07) is 4.12. The Balaban J connectivity index is 0.000000640. The highest BCUT2D eigenvalue weighted by atomic mass is 14.9. The fourth-order valence-corrected chi connectivity index (χ4v) is 0.738. The fourth-order valence-electron chi connectivity index (χ4n) is 0.738. The first-order valence-electron chi connectivity index (χ1n) is 2.71. The van der Waals surface area contributed by atoms with Gasteiger partial charge in [-0.2, -0.15) is 0 Å². The van der Waals surface area contributed by atoms with E-state index in [-0.39, 0.29) is 7.43 Å². The molecule has 0 aliphatic carbocycles. The van der Waals surface area contributed by atoms with Crippen LogP contribution in [0.15, 0.2) is 24.5 Å². The molecule has 0 amide bonds. The summed E-state index contributed by atoms with van der Waals surface area (Å²) in [5.74, 6) is 0. The van der Waals surface area contributed by atoms with Gasteiger partial charge in [0.15, 0.2) is 12.4 Å². The number of hydrogen-bond acceptors (Lipinski definition) is 0. The first-order chi connectivity index (χ1) is 3.79. The lowest BCUT2D eigenvalue weighted by atomic mass is 10.3. The molecule has 9 heavy (non-hydrogen) atoms. The van der Waals surface area contributed by atoms with E-state index in [1.54, 1.807) is 0 Å². The lowest BCUT2D eigenvalue weighted by Crippen LogP contribution is -2.26. The smallest absolute Gasteiger partial charge is 0.171 e. The van der Waals surface area contributed by atoms with Gasteiger partial charge >= 0.3 is 0 Å². The number of aryl methyl sites for hydroxylation is 2. The van der Waals surface area contributed by atoms with Crippen LogP contribution in [0.2, 0.25) is 0 Å². The molecule has 0 atom stereocenters. The Hall–Kier alpha value is -0.850. The van der Waals surface area contributed by atoms with Gasteiger partial charge in [-0.25, -0.2) is 4.57 Å². The van der Waals surface area contributed by atoms with Crippen LogP contribution in [0.4, 0.5) is 0 Å². The summed E-state index contributed by atoms with van der Waals surface area (Å²) in [5, 5.41) is 0. The molecule has 0 saturated carbocycles. The van der Waals surface area contributed by atoms with Gasteiger partial charge in [0.2, 0.25) is 0 Å². The monoisotopic (exact) mass is 124 g/mol. The fraction of sp³-hybridized carbons (Fsp3) is 0.375. The zero-order chi connectivity index (χ0) is 5.98. The Bertz CT molecular complexity index is 164. The molecule has 50 valence electrons. The normalized spacial score (nSPS) is 8.22. The summed E-state index contributed by atoms with van der Waals surface area (Å²) in [6.07, 6.45) is 4.10. The quantitative estimate of drug-likeness (QED) is 0.461. The van der Waals surface area contributed by atoms with Crippen molar-refractivity contribution in [2.75, 3.05) is 0 Å². The van der Waals surface area contributed by atoms with E-state index >= 15 is 0 Å². The summed E-state index contributed by atoms with van der Waals surface area (Å²) in [5.41, 5.74) is 1.30. The topological polar surface area (TPSA) is 3.88 Å². The second-order valence-corrected chi connectivity index (χ2v) is 2.05. The maximum atomic E-state index is 2.08. The molecule has 1 heterocycles. The van der Waals surface area contributed by atoms with E-state index in [4.69, 9.17) is 0 Å². The Morgan fingerprint density at radius 2 is 2.11 bits per heavy atom. The maximum absolute atomic E-state index is 2.08. The predicted octanol–water partition coefficient (Wildman–Crippen LogP) is 1.46. The molecular weight excluding hydrogens is 110 g/mol. The summed E-state index contributed by atoms with van der Waals surface area (Å²) in [4.78, 5) is 0. The molecule has 1 rings (SSSR count). The van der Waals surface area contributed by atoms with Gasteiger partial charge in [-0.15, -0.1) is 0 Å². The van der Waals surface area contributed by atoms with Gasteiger partial charge in [-0.05, 0) is 13.0 Å². The minimum absolute atomic E-state index is 0. The molecule has 1 heteroatoms. The third-order valence-corrected chi connectivity index (χ3v) is 1.09. The Morgan fingerprint density at radius 3 is 2.44 bits per heavy atom. The van der Waals surface area contributed by atoms with E-state index in [1.807, 2.05) is 23.9 Å². The van der Waals surface area contributed by atoms with Crippen LogP contribution in [-0.2, 0) is 7.05 Å². The van der Waals surface area contributed by atoms with Crippen molar-refractivity contribution in [1.82, 2.24) is 0 Å². The predicted molar refractivity (Wildman–Crippen MR) is 39.1 cm³/mol. The zero-order valence-electron chi connectivity index (χ0n) is 5.26. The molecule has 1 nitrogen and oxygen atoms in total. The number of rotatable bonds is 0. The molecule has 0 N–H and O–H groups in total. The number of hydrogen-bond donors (Lipinski definition) is 0. The van der Waals surface area contributed by atoms with Crippen LogP contribution in [0, 0.1) is 6.92 Å². The summed E-state index contributed by atoms with van der Waals surface area (Å²) in [6.45, 7) is 2.08. The maximum Gasteiger partial charge on any atom is 0.171 e. The number of pyridine rings is 1. The zero-order valence-corrected chi connectivity index (χ0v) is 5.26. The van der Waals surface area contributed by atoms with E-state index < -0.39 is 0 Å². The molecule has 0 fully saturated rings. The van der Waals surface area contributed by atoms with Crippen molar-refractivity contribution < 1.29 is 4.57 Å². The van der Waals surface area contributed by atoms with Crippen molar-refractivity contribution >= 4 is 0 Å². The van der Waals surface area contributed by atoms with E-state index in [1.165, 1.54) is 5.56 Å². The third-order valence-electron chi connectivity index (χ3n) is 1.09. The van der Waals surface area contributed by atoms with Crippen LogP contribution in [0.3, 0.4) is 0 Å². The minimum atomic E-state index is 0. The van der Waals surface area contributed by atoms with Crippen molar-refractivity contribution in [2.45, 2.75) is 14.4 Å². The number of aromatic nitrogens is 1. The lowest BCUT2D eigenvalue weighted by Gasteiger charge is -1.85. The van der Waals surface area contributed by atoms with Gasteiger partial charge in [0.25, 0.3) is 0 Å². The molecule has 1 aromatic rings. The molecule has 0 aliphatic rings. The first kappa shape index (κ1) is 8.15. The van der Waals surface area contributed by atoms with Crippen LogP contribution in [0.1, 0.15) is 13.0 Å². The van der Waals surface area contributed by atoms with Crippen molar-refractivity contribution in [1.29, 1.82) is 0 Å². The average Bonchev–Trinajstić information content (AvgIpc) is 1.64. The van der Waals surface area contributed by atoms with Gasteiger partial charge in [0.1, 0.15) is 7.05 Å². The summed E-state index contributed by atoms with van der Waals surface area (Å²) in [7, 11) is 2.02. The molecule has 0 aliphatic heterocycles. The van der Waals surface area contributed by atoms with Crippen LogP contribution in [0.5, 0.6) is 0 Å². The lowest BCUT2D eigenvalue weighted by molar-refractivity contribution is -0.671. The highest BCUT2D eigenvalue weighted by molar-refractivity contribution is 5.00. The Morgan fingerprint density at radius 1 is 1.44 bits per heavy atom. The molecule has 0 radical (unpaired) electrons. The molecular formula is C8H14N+. The average molecular weight is 124 g/mol. The van der Waals surface area contributed by atoms with Gasteiger partial charge in [0, 0.05) is 11.6 Å². The highest BCUT2D eigenvalue weighted by Gasteiger charge is 1.87. The van der Waals surface area contributed by atoms with Crippen molar-refractivity contribution in [3.05, 3.63) is 30.1 Å². The van der Waals surface area contributed by atoms with Crippen LogP contribution in [0.25, 0.3) is 0 Å². The van der Waals surface area contributed by atoms with Crippen LogP contribution in [-0.4, -0.2) is 0 Å². The SMILES string of the molecule is C.Cc1ccc[n+](C)c1. The first-order valence-corrected chi connectivity index (χ1v) is 2.71. The van der Waals surface area contributed by atoms with Gasteiger partial charge in [-0.3, -0.25) is 0 Å².